The zero-order chi connectivity index (χ0) is 17.7. The minimum absolute atomic E-state index is 0.128. The molecule has 0 saturated carbocycles. The topological polar surface area (TPSA) is 79.0 Å². The van der Waals surface area contributed by atoms with Gasteiger partial charge in [0.05, 0.1) is 17.6 Å². The van der Waals surface area contributed by atoms with Crippen molar-refractivity contribution < 1.29 is 17.9 Å². The van der Waals surface area contributed by atoms with Gasteiger partial charge in [-0.15, -0.1) is 0 Å². The molecule has 0 spiro atoms. The van der Waals surface area contributed by atoms with Gasteiger partial charge in [0.25, 0.3) is 5.91 Å². The van der Waals surface area contributed by atoms with Crippen LogP contribution in [0.15, 0.2) is 23.1 Å². The molecule has 0 aromatic heterocycles. The molecular formula is C16H25N3O4S. The number of ether oxygens (including phenoxy) is 1. The molecule has 1 aromatic carbocycles. The molecule has 8 heteroatoms. The second-order valence-corrected chi connectivity index (χ2v) is 7.97. The number of amides is 1. The van der Waals surface area contributed by atoms with Crippen LogP contribution in [0.25, 0.3) is 0 Å². The first-order valence-electron chi connectivity index (χ1n) is 7.97. The number of rotatable bonds is 7. The summed E-state index contributed by atoms with van der Waals surface area (Å²) < 4.78 is 32.0. The highest BCUT2D eigenvalue weighted by atomic mass is 32.2. The van der Waals surface area contributed by atoms with Crippen molar-refractivity contribution in [3.05, 3.63) is 23.8 Å². The minimum Gasteiger partial charge on any atom is -0.496 e. The van der Waals surface area contributed by atoms with Crippen LogP contribution in [0.5, 0.6) is 5.75 Å². The number of carbonyl (C=O) groups excluding carboxylic acids is 1. The Morgan fingerprint density at radius 3 is 2.54 bits per heavy atom. The van der Waals surface area contributed by atoms with Crippen molar-refractivity contribution in [1.29, 1.82) is 0 Å². The van der Waals surface area contributed by atoms with Crippen LogP contribution in [-0.4, -0.2) is 70.9 Å². The van der Waals surface area contributed by atoms with Gasteiger partial charge in [-0.1, -0.05) is 0 Å². The van der Waals surface area contributed by atoms with Crippen molar-refractivity contribution in [2.75, 3.05) is 47.4 Å². The fourth-order valence-electron chi connectivity index (χ4n) is 2.59. The fraction of sp³-hybridized carbons (Fsp3) is 0.562. The largest absolute Gasteiger partial charge is 0.496 e. The first kappa shape index (κ1) is 18.7. The maximum atomic E-state index is 12.7. The van der Waals surface area contributed by atoms with Crippen molar-refractivity contribution in [2.24, 2.45) is 0 Å². The van der Waals surface area contributed by atoms with E-state index in [9.17, 15) is 13.2 Å². The molecule has 7 nitrogen and oxygen atoms in total. The van der Waals surface area contributed by atoms with E-state index in [0.29, 0.717) is 31.9 Å². The van der Waals surface area contributed by atoms with Gasteiger partial charge >= 0.3 is 0 Å². The highest BCUT2D eigenvalue weighted by Gasteiger charge is 2.28. The molecule has 1 aromatic rings. The summed E-state index contributed by atoms with van der Waals surface area (Å²) in [4.78, 5) is 14.5. The van der Waals surface area contributed by atoms with Gasteiger partial charge in [0.15, 0.2) is 0 Å². The second-order valence-electron chi connectivity index (χ2n) is 6.03. The van der Waals surface area contributed by atoms with Gasteiger partial charge in [-0.05, 0) is 45.1 Å². The summed E-state index contributed by atoms with van der Waals surface area (Å²) in [6.45, 7) is 2.22. The van der Waals surface area contributed by atoms with E-state index in [2.05, 4.69) is 5.32 Å². The van der Waals surface area contributed by atoms with E-state index in [1.165, 1.54) is 29.6 Å². The summed E-state index contributed by atoms with van der Waals surface area (Å²) in [5.74, 6) is 0.0184. The van der Waals surface area contributed by atoms with Crippen molar-refractivity contribution >= 4 is 15.9 Å². The summed E-state index contributed by atoms with van der Waals surface area (Å²) in [6.07, 6.45) is 1.74. The maximum Gasteiger partial charge on any atom is 0.255 e. The Kier molecular flexibility index (Phi) is 6.20. The van der Waals surface area contributed by atoms with Gasteiger partial charge in [-0.2, -0.15) is 4.31 Å². The molecule has 1 aliphatic rings. The van der Waals surface area contributed by atoms with Crippen LogP contribution < -0.4 is 10.1 Å². The average Bonchev–Trinajstić information content (AvgIpc) is 3.09. The molecule has 0 atom stereocenters. The Bertz CT molecular complexity index is 683. The van der Waals surface area contributed by atoms with Crippen LogP contribution in [-0.2, 0) is 10.0 Å². The molecule has 1 aliphatic heterocycles. The number of benzene rings is 1. The lowest BCUT2D eigenvalue weighted by Gasteiger charge is -2.17. The molecule has 1 heterocycles. The predicted molar refractivity (Wildman–Crippen MR) is 91.9 cm³/mol. The Labute approximate surface area is 143 Å². The molecule has 134 valence electrons. The summed E-state index contributed by atoms with van der Waals surface area (Å²) >= 11 is 0. The number of methoxy groups -OCH3 is 1. The third-order valence-electron chi connectivity index (χ3n) is 3.96. The fourth-order valence-corrected chi connectivity index (χ4v) is 4.13. The van der Waals surface area contributed by atoms with Crippen LogP contribution >= 0.6 is 0 Å². The molecule has 0 unspecified atom stereocenters. The lowest BCUT2D eigenvalue weighted by Crippen LogP contribution is -2.32. The Hall–Kier alpha value is -1.64. The van der Waals surface area contributed by atoms with Crippen molar-refractivity contribution in [3.63, 3.8) is 0 Å². The van der Waals surface area contributed by atoms with E-state index >= 15 is 0 Å². The number of hydrogen-bond donors (Lipinski definition) is 1. The number of nitrogens with one attached hydrogen (secondary N) is 1. The zero-order valence-corrected chi connectivity index (χ0v) is 15.2. The SMILES string of the molecule is COc1ccc(S(=O)(=O)N2CCCC2)cc1C(=O)NCCN(C)C. The van der Waals surface area contributed by atoms with E-state index < -0.39 is 10.0 Å². The molecule has 0 bridgehead atoms. The second kappa shape index (κ2) is 7.96. The predicted octanol–water partition coefficient (Wildman–Crippen LogP) is 0.771. The summed E-state index contributed by atoms with van der Waals surface area (Å²) in [5.41, 5.74) is 0.233. The summed E-state index contributed by atoms with van der Waals surface area (Å²) in [7, 11) is 1.72. The van der Waals surface area contributed by atoms with Crippen molar-refractivity contribution in [2.45, 2.75) is 17.7 Å². The minimum atomic E-state index is -3.56. The smallest absolute Gasteiger partial charge is 0.255 e. The number of nitrogens with zero attached hydrogens (tertiary/aromatic N) is 2. The number of carbonyl (C=O) groups is 1. The maximum absolute atomic E-state index is 12.7. The average molecular weight is 355 g/mol. The molecule has 24 heavy (non-hydrogen) atoms. The van der Waals surface area contributed by atoms with Crippen LogP contribution in [0.3, 0.4) is 0 Å². The van der Waals surface area contributed by atoms with Crippen LogP contribution in [0.4, 0.5) is 0 Å². The number of sulfonamides is 1. The van der Waals surface area contributed by atoms with E-state index in [-0.39, 0.29) is 16.4 Å². The van der Waals surface area contributed by atoms with Gasteiger partial charge in [-0.3, -0.25) is 4.79 Å². The summed E-state index contributed by atoms with van der Waals surface area (Å²) in [5, 5.41) is 2.78. The summed E-state index contributed by atoms with van der Waals surface area (Å²) in [6, 6.07) is 4.42. The molecule has 0 radical (unpaired) electrons. The first-order chi connectivity index (χ1) is 11.4. The molecule has 0 aliphatic carbocycles. The lowest BCUT2D eigenvalue weighted by atomic mass is 10.2. The Balaban J connectivity index is 2.25. The third-order valence-corrected chi connectivity index (χ3v) is 5.86. The quantitative estimate of drug-likeness (QED) is 0.782. The van der Waals surface area contributed by atoms with Crippen LogP contribution in [0.2, 0.25) is 0 Å². The number of hydrogen-bond acceptors (Lipinski definition) is 5. The van der Waals surface area contributed by atoms with Gasteiger partial charge < -0.3 is 15.0 Å². The highest BCUT2D eigenvalue weighted by molar-refractivity contribution is 7.89. The monoisotopic (exact) mass is 355 g/mol. The van der Waals surface area contributed by atoms with Gasteiger partial charge in [-0.25, -0.2) is 8.42 Å². The van der Waals surface area contributed by atoms with Crippen LogP contribution in [0, 0.1) is 0 Å². The lowest BCUT2D eigenvalue weighted by molar-refractivity contribution is 0.0948. The molecule has 2 rings (SSSR count). The van der Waals surface area contributed by atoms with E-state index in [1.807, 2.05) is 19.0 Å². The normalized spacial score (nSPS) is 15.7. The standard InChI is InChI=1S/C16H25N3O4S/c1-18(2)11-8-17-16(20)14-12-13(6-7-15(14)23-3)24(21,22)19-9-4-5-10-19/h6-7,12H,4-5,8-11H2,1-3H3,(H,17,20). The Morgan fingerprint density at radius 2 is 1.96 bits per heavy atom. The highest BCUT2D eigenvalue weighted by Crippen LogP contribution is 2.26. The molecular weight excluding hydrogens is 330 g/mol. The van der Waals surface area contributed by atoms with Crippen molar-refractivity contribution in [3.8, 4) is 5.75 Å². The van der Waals surface area contributed by atoms with Gasteiger partial charge in [0, 0.05) is 26.2 Å². The third kappa shape index (κ3) is 4.25. The van der Waals surface area contributed by atoms with Gasteiger partial charge in [0.1, 0.15) is 5.75 Å². The van der Waals surface area contributed by atoms with Crippen LogP contribution in [0.1, 0.15) is 23.2 Å². The van der Waals surface area contributed by atoms with E-state index in [0.717, 1.165) is 12.8 Å². The van der Waals surface area contributed by atoms with Gasteiger partial charge in [0.2, 0.25) is 10.0 Å². The molecule has 1 fully saturated rings. The van der Waals surface area contributed by atoms with Crippen molar-refractivity contribution in [1.82, 2.24) is 14.5 Å². The number of likely N-dealkylation sites (N-methyl/N-ethyl adjacent to an activating group) is 1. The first-order valence-corrected chi connectivity index (χ1v) is 9.41. The van der Waals surface area contributed by atoms with E-state index in [1.54, 1.807) is 0 Å². The molecule has 1 saturated heterocycles. The Morgan fingerprint density at radius 1 is 1.29 bits per heavy atom. The molecule has 1 amide bonds. The zero-order valence-electron chi connectivity index (χ0n) is 14.4. The van der Waals surface area contributed by atoms with E-state index in [4.69, 9.17) is 4.74 Å². The molecule has 1 N–H and O–H groups in total.